The summed E-state index contributed by atoms with van der Waals surface area (Å²) >= 11 is 1.44. The van der Waals surface area contributed by atoms with Crippen molar-refractivity contribution in [1.29, 1.82) is 0 Å². The molecule has 7 heteroatoms. The Bertz CT molecular complexity index is 625. The average Bonchev–Trinajstić information content (AvgIpc) is 3.22. The minimum Gasteiger partial charge on any atom is -0.355 e. The highest BCUT2D eigenvalue weighted by Gasteiger charge is 2.32. The molecule has 6 nitrogen and oxygen atoms in total. The van der Waals surface area contributed by atoms with E-state index in [-0.39, 0.29) is 17.7 Å². The zero-order chi connectivity index (χ0) is 17.8. The van der Waals surface area contributed by atoms with Crippen molar-refractivity contribution >= 4 is 23.2 Å². The van der Waals surface area contributed by atoms with E-state index in [2.05, 4.69) is 15.2 Å². The molecule has 2 fully saturated rings. The van der Waals surface area contributed by atoms with Gasteiger partial charge in [-0.05, 0) is 46.2 Å². The van der Waals surface area contributed by atoms with E-state index in [0.717, 1.165) is 36.8 Å². The largest absolute Gasteiger partial charge is 0.355 e. The van der Waals surface area contributed by atoms with Crippen LogP contribution in [0.1, 0.15) is 46.1 Å². The molecule has 0 radical (unpaired) electrons. The van der Waals surface area contributed by atoms with Crippen LogP contribution in [-0.2, 0) is 4.79 Å². The second-order valence-corrected chi connectivity index (χ2v) is 8.28. The van der Waals surface area contributed by atoms with E-state index in [1.54, 1.807) is 4.90 Å². The van der Waals surface area contributed by atoms with Crippen molar-refractivity contribution in [2.24, 2.45) is 5.92 Å². The number of carbonyl (C=O) groups is 2. The van der Waals surface area contributed by atoms with E-state index < -0.39 is 0 Å². The number of hydrogen-bond donors (Lipinski definition) is 1. The Morgan fingerprint density at radius 3 is 2.64 bits per heavy atom. The first-order chi connectivity index (χ1) is 12.0. The number of carbonyl (C=O) groups excluding carboxylic acids is 2. The third kappa shape index (κ3) is 4.58. The number of nitrogens with zero attached hydrogens (tertiary/aromatic N) is 3. The first kappa shape index (κ1) is 18.3. The second kappa shape index (κ2) is 8.27. The van der Waals surface area contributed by atoms with Gasteiger partial charge in [0.2, 0.25) is 5.91 Å². The number of aromatic nitrogens is 1. The van der Waals surface area contributed by atoms with Gasteiger partial charge in [-0.1, -0.05) is 6.42 Å². The molecule has 2 saturated heterocycles. The summed E-state index contributed by atoms with van der Waals surface area (Å²) in [7, 11) is 0. The highest BCUT2D eigenvalue weighted by molar-refractivity contribution is 7.13. The first-order valence-corrected chi connectivity index (χ1v) is 10.1. The van der Waals surface area contributed by atoms with E-state index in [1.165, 1.54) is 30.6 Å². The third-order valence-electron chi connectivity index (χ3n) is 5.12. The minimum absolute atomic E-state index is 0.0201. The summed E-state index contributed by atoms with van der Waals surface area (Å²) in [4.78, 5) is 34.3. The van der Waals surface area contributed by atoms with Crippen LogP contribution in [0.4, 0.5) is 0 Å². The molecule has 138 valence electrons. The normalized spacial score (nSPS) is 21.5. The highest BCUT2D eigenvalue weighted by Crippen LogP contribution is 2.24. The summed E-state index contributed by atoms with van der Waals surface area (Å²) < 4.78 is 0. The fourth-order valence-corrected chi connectivity index (χ4v) is 4.58. The Morgan fingerprint density at radius 2 is 1.96 bits per heavy atom. The summed E-state index contributed by atoms with van der Waals surface area (Å²) in [5.74, 6) is 0.0239. The molecule has 25 heavy (non-hydrogen) atoms. The van der Waals surface area contributed by atoms with Gasteiger partial charge >= 0.3 is 0 Å². The number of hydrogen-bond acceptors (Lipinski definition) is 5. The summed E-state index contributed by atoms with van der Waals surface area (Å²) in [5.41, 5.74) is 0.793. The number of amides is 2. The van der Waals surface area contributed by atoms with E-state index >= 15 is 0 Å². The Morgan fingerprint density at radius 1 is 1.20 bits per heavy atom. The van der Waals surface area contributed by atoms with Crippen LogP contribution in [0.5, 0.6) is 0 Å². The van der Waals surface area contributed by atoms with E-state index in [0.29, 0.717) is 24.5 Å². The molecule has 1 aromatic heterocycles. The molecule has 3 heterocycles. The second-order valence-electron chi connectivity index (χ2n) is 7.08. The Hall–Kier alpha value is -1.47. The van der Waals surface area contributed by atoms with Crippen LogP contribution >= 0.6 is 11.3 Å². The van der Waals surface area contributed by atoms with Crippen molar-refractivity contribution in [3.63, 3.8) is 0 Å². The molecule has 0 unspecified atom stereocenters. The molecule has 1 atom stereocenters. The molecule has 0 saturated carbocycles. The predicted octanol–water partition coefficient (Wildman–Crippen LogP) is 1.82. The Labute approximate surface area is 153 Å². The summed E-state index contributed by atoms with van der Waals surface area (Å²) in [6, 6.07) is 0. The predicted molar refractivity (Wildman–Crippen MR) is 98.9 cm³/mol. The molecule has 3 rings (SSSR count). The molecular formula is C18H28N4O2S. The van der Waals surface area contributed by atoms with Gasteiger partial charge in [0, 0.05) is 26.2 Å². The van der Waals surface area contributed by atoms with Gasteiger partial charge in [-0.15, -0.1) is 11.3 Å². The van der Waals surface area contributed by atoms with Crippen LogP contribution in [0.25, 0.3) is 0 Å². The number of piperidine rings is 1. The van der Waals surface area contributed by atoms with E-state index in [1.807, 2.05) is 13.8 Å². The molecule has 2 aliphatic heterocycles. The van der Waals surface area contributed by atoms with Gasteiger partial charge < -0.3 is 15.1 Å². The van der Waals surface area contributed by atoms with Crippen molar-refractivity contribution in [3.05, 3.63) is 15.6 Å². The number of thiazole rings is 1. The Kier molecular flexibility index (Phi) is 6.06. The minimum atomic E-state index is -0.0837. The molecular weight excluding hydrogens is 336 g/mol. The molecule has 0 aliphatic carbocycles. The van der Waals surface area contributed by atoms with Crippen molar-refractivity contribution < 1.29 is 9.59 Å². The molecule has 1 aromatic rings. The van der Waals surface area contributed by atoms with Gasteiger partial charge in [0.25, 0.3) is 5.91 Å². The van der Waals surface area contributed by atoms with Crippen LogP contribution in [0.15, 0.2) is 0 Å². The lowest BCUT2D eigenvalue weighted by molar-refractivity contribution is -0.124. The summed E-state index contributed by atoms with van der Waals surface area (Å²) in [6.07, 6.45) is 4.61. The maximum atomic E-state index is 12.6. The van der Waals surface area contributed by atoms with E-state index in [9.17, 15) is 9.59 Å². The van der Waals surface area contributed by atoms with Crippen molar-refractivity contribution in [3.8, 4) is 0 Å². The van der Waals surface area contributed by atoms with Crippen LogP contribution in [0.3, 0.4) is 0 Å². The van der Waals surface area contributed by atoms with Crippen molar-refractivity contribution in [2.45, 2.75) is 39.5 Å². The fourth-order valence-electron chi connectivity index (χ4n) is 3.70. The average molecular weight is 365 g/mol. The van der Waals surface area contributed by atoms with Crippen molar-refractivity contribution in [1.82, 2.24) is 20.1 Å². The smallest absolute Gasteiger partial charge is 0.265 e. The monoisotopic (exact) mass is 364 g/mol. The SMILES string of the molecule is Cc1nc(C)c(C(=O)N2CC[C@@H](C(=O)NCCN3CCCCC3)C2)s1. The highest BCUT2D eigenvalue weighted by atomic mass is 32.1. The quantitative estimate of drug-likeness (QED) is 0.866. The molecule has 0 bridgehead atoms. The topological polar surface area (TPSA) is 65.5 Å². The zero-order valence-corrected chi connectivity index (χ0v) is 16.0. The number of aryl methyl sites for hydroxylation is 2. The third-order valence-corrected chi connectivity index (χ3v) is 6.18. The lowest BCUT2D eigenvalue weighted by Gasteiger charge is -2.26. The fraction of sp³-hybridized carbons (Fsp3) is 0.722. The maximum Gasteiger partial charge on any atom is 0.265 e. The van der Waals surface area contributed by atoms with Gasteiger partial charge in [-0.3, -0.25) is 9.59 Å². The Balaban J connectivity index is 1.44. The number of likely N-dealkylation sites (tertiary alicyclic amines) is 2. The molecule has 0 aromatic carbocycles. The lowest BCUT2D eigenvalue weighted by atomic mass is 10.1. The van der Waals surface area contributed by atoms with Crippen molar-refractivity contribution in [2.75, 3.05) is 39.3 Å². The number of nitrogens with one attached hydrogen (secondary N) is 1. The molecule has 0 spiro atoms. The van der Waals surface area contributed by atoms with Crippen LogP contribution in [-0.4, -0.2) is 65.9 Å². The van der Waals surface area contributed by atoms with Gasteiger partial charge in [0.1, 0.15) is 4.88 Å². The zero-order valence-electron chi connectivity index (χ0n) is 15.2. The van der Waals surface area contributed by atoms with Crippen LogP contribution in [0, 0.1) is 19.8 Å². The van der Waals surface area contributed by atoms with Gasteiger partial charge in [0.05, 0.1) is 16.6 Å². The maximum absolute atomic E-state index is 12.6. The number of rotatable bonds is 5. The first-order valence-electron chi connectivity index (χ1n) is 9.28. The molecule has 1 N–H and O–H groups in total. The van der Waals surface area contributed by atoms with Crippen LogP contribution < -0.4 is 5.32 Å². The van der Waals surface area contributed by atoms with Gasteiger partial charge in [-0.25, -0.2) is 4.98 Å². The molecule has 2 amide bonds. The summed E-state index contributed by atoms with van der Waals surface area (Å²) in [6.45, 7) is 8.89. The van der Waals surface area contributed by atoms with Gasteiger partial charge in [0.15, 0.2) is 0 Å². The summed E-state index contributed by atoms with van der Waals surface area (Å²) in [5, 5.41) is 3.97. The standard InChI is InChI=1S/C18H28N4O2S/c1-13-16(25-14(2)20-13)18(24)22-10-6-15(12-22)17(23)19-7-11-21-8-4-3-5-9-21/h15H,3-12H2,1-2H3,(H,19,23)/t15-/m1/s1. The van der Waals surface area contributed by atoms with Crippen LogP contribution in [0.2, 0.25) is 0 Å². The van der Waals surface area contributed by atoms with Gasteiger partial charge in [-0.2, -0.15) is 0 Å². The van der Waals surface area contributed by atoms with E-state index in [4.69, 9.17) is 0 Å². The molecule has 2 aliphatic rings. The lowest BCUT2D eigenvalue weighted by Crippen LogP contribution is -2.40.